The molecule has 1 unspecified atom stereocenters. The first-order valence-corrected chi connectivity index (χ1v) is 11.9. The number of aromatic nitrogens is 6. The Labute approximate surface area is 219 Å². The maximum Gasteiger partial charge on any atom is 0.224 e. The number of H-pyrrole nitrogens is 1. The summed E-state index contributed by atoms with van der Waals surface area (Å²) >= 11 is 6.14. The van der Waals surface area contributed by atoms with Gasteiger partial charge in [0.2, 0.25) is 11.9 Å². The molecule has 1 aliphatic rings. The van der Waals surface area contributed by atoms with E-state index in [1.165, 1.54) is 0 Å². The second-order valence-corrected chi connectivity index (χ2v) is 8.60. The Hall–Kier alpha value is -3.09. The van der Waals surface area contributed by atoms with Crippen molar-refractivity contribution in [3.05, 3.63) is 53.3 Å². The highest BCUT2D eigenvalue weighted by molar-refractivity contribution is 6.30. The van der Waals surface area contributed by atoms with Gasteiger partial charge >= 0.3 is 0 Å². The van der Waals surface area contributed by atoms with Gasteiger partial charge in [0.15, 0.2) is 5.65 Å². The van der Waals surface area contributed by atoms with Crippen molar-refractivity contribution in [1.29, 1.82) is 0 Å². The van der Waals surface area contributed by atoms with Gasteiger partial charge in [-0.1, -0.05) is 23.7 Å². The van der Waals surface area contributed by atoms with E-state index in [2.05, 4.69) is 45.7 Å². The van der Waals surface area contributed by atoms with Crippen molar-refractivity contribution in [1.82, 2.24) is 35.0 Å². The fourth-order valence-electron chi connectivity index (χ4n) is 3.96. The maximum absolute atomic E-state index is 6.14. The molecule has 3 aromatic heterocycles. The molecule has 11 nitrogen and oxygen atoms in total. The fourth-order valence-corrected chi connectivity index (χ4v) is 4.16. The van der Waals surface area contributed by atoms with Crippen molar-refractivity contribution in [2.24, 2.45) is 5.73 Å². The standard InChI is InChI=1S/C23H27ClN10O.ClH/c24-16-3-1-2-15(12-16)19(13-25)30-23-26-5-4-18(29-23)20-17-14-28-22(31-21(17)33-32-20)27-6-7-34-8-10-35-11-9-34;/h1-5,12,14,19H,6-11,13,25H2,(H,26,29,30)(H2,27,28,31,32,33);1H. The van der Waals surface area contributed by atoms with Gasteiger partial charge in [0, 0.05) is 50.1 Å². The van der Waals surface area contributed by atoms with E-state index in [9.17, 15) is 0 Å². The zero-order valence-corrected chi connectivity index (χ0v) is 21.1. The van der Waals surface area contributed by atoms with Gasteiger partial charge in [0.1, 0.15) is 0 Å². The zero-order chi connectivity index (χ0) is 24.0. The summed E-state index contributed by atoms with van der Waals surface area (Å²) in [6.45, 7) is 5.48. The van der Waals surface area contributed by atoms with Crippen molar-refractivity contribution in [2.75, 3.05) is 56.6 Å². The van der Waals surface area contributed by atoms with Crippen molar-refractivity contribution >= 4 is 46.9 Å². The smallest absolute Gasteiger partial charge is 0.224 e. The minimum atomic E-state index is -0.183. The first-order valence-electron chi connectivity index (χ1n) is 11.5. The molecular weight excluding hydrogens is 503 g/mol. The van der Waals surface area contributed by atoms with Crippen molar-refractivity contribution in [2.45, 2.75) is 6.04 Å². The van der Waals surface area contributed by atoms with Crippen LogP contribution >= 0.6 is 24.0 Å². The van der Waals surface area contributed by atoms with Crippen LogP contribution in [0.15, 0.2) is 42.7 Å². The first kappa shape index (κ1) is 26.0. The van der Waals surface area contributed by atoms with E-state index in [-0.39, 0.29) is 18.4 Å². The van der Waals surface area contributed by atoms with Crippen LogP contribution in [0.3, 0.4) is 0 Å². The molecule has 1 saturated heterocycles. The molecule has 5 N–H and O–H groups in total. The number of benzene rings is 1. The second-order valence-electron chi connectivity index (χ2n) is 8.16. The molecular formula is C23H28Cl2N10O. The molecule has 0 radical (unpaired) electrons. The van der Waals surface area contributed by atoms with Crippen LogP contribution in [0.2, 0.25) is 5.02 Å². The van der Waals surface area contributed by atoms with Gasteiger partial charge in [0.05, 0.1) is 36.0 Å². The predicted octanol–water partition coefficient (Wildman–Crippen LogP) is 2.74. The van der Waals surface area contributed by atoms with E-state index in [0.717, 1.165) is 56.0 Å². The summed E-state index contributed by atoms with van der Waals surface area (Å²) in [7, 11) is 0. The van der Waals surface area contributed by atoms with Gasteiger partial charge in [-0.05, 0) is 23.8 Å². The Morgan fingerprint density at radius 2 is 2.00 bits per heavy atom. The molecule has 5 rings (SSSR count). The third-order valence-electron chi connectivity index (χ3n) is 5.83. The summed E-state index contributed by atoms with van der Waals surface area (Å²) in [4.78, 5) is 20.4. The largest absolute Gasteiger partial charge is 0.379 e. The number of aromatic amines is 1. The molecule has 1 atom stereocenters. The molecule has 0 bridgehead atoms. The molecule has 1 aromatic carbocycles. The third-order valence-corrected chi connectivity index (χ3v) is 6.06. The summed E-state index contributed by atoms with van der Waals surface area (Å²) < 4.78 is 5.39. The van der Waals surface area contributed by atoms with Crippen molar-refractivity contribution < 1.29 is 4.74 Å². The van der Waals surface area contributed by atoms with Crippen molar-refractivity contribution in [3.63, 3.8) is 0 Å². The molecule has 190 valence electrons. The number of hydrogen-bond donors (Lipinski definition) is 4. The van der Waals surface area contributed by atoms with Crippen LogP contribution in [-0.4, -0.2) is 81.0 Å². The van der Waals surface area contributed by atoms with Crippen molar-refractivity contribution in [3.8, 4) is 11.4 Å². The Bertz CT molecular complexity index is 1280. The van der Waals surface area contributed by atoms with E-state index >= 15 is 0 Å². The summed E-state index contributed by atoms with van der Waals surface area (Å²) in [5, 5.41) is 15.4. The maximum atomic E-state index is 6.14. The predicted molar refractivity (Wildman–Crippen MR) is 143 cm³/mol. The Balaban J connectivity index is 0.00000304. The van der Waals surface area contributed by atoms with E-state index in [0.29, 0.717) is 34.8 Å². The number of halogens is 2. The van der Waals surface area contributed by atoms with Gasteiger partial charge < -0.3 is 21.1 Å². The second kappa shape index (κ2) is 12.2. The molecule has 0 amide bonds. The molecule has 13 heteroatoms. The number of rotatable bonds is 9. The van der Waals surface area contributed by atoms with Crippen LogP contribution in [0.25, 0.3) is 22.4 Å². The van der Waals surface area contributed by atoms with Crippen LogP contribution in [0, 0.1) is 0 Å². The summed E-state index contributed by atoms with van der Waals surface area (Å²) in [5.74, 6) is 0.990. The van der Waals surface area contributed by atoms with Crippen LogP contribution in [0.1, 0.15) is 11.6 Å². The van der Waals surface area contributed by atoms with Crippen LogP contribution in [-0.2, 0) is 4.74 Å². The molecule has 0 spiro atoms. The molecule has 4 heterocycles. The average Bonchev–Trinajstić information content (AvgIpc) is 3.31. The Morgan fingerprint density at radius 3 is 2.81 bits per heavy atom. The summed E-state index contributed by atoms with van der Waals surface area (Å²) in [6.07, 6.45) is 3.44. The molecule has 1 aliphatic heterocycles. The van der Waals surface area contributed by atoms with Gasteiger partial charge in [-0.25, -0.2) is 15.0 Å². The van der Waals surface area contributed by atoms with Crippen LogP contribution in [0.4, 0.5) is 11.9 Å². The topological polar surface area (TPSA) is 143 Å². The average molecular weight is 531 g/mol. The number of nitrogens with one attached hydrogen (secondary N) is 3. The molecule has 4 aromatic rings. The van der Waals surface area contributed by atoms with Gasteiger partial charge in [-0.2, -0.15) is 10.1 Å². The Kier molecular flexibility index (Phi) is 8.83. The van der Waals surface area contributed by atoms with Crippen LogP contribution < -0.4 is 16.4 Å². The number of fused-ring (bicyclic) bond motifs is 1. The minimum absolute atomic E-state index is 0. The van der Waals surface area contributed by atoms with Gasteiger partial charge in [0.25, 0.3) is 0 Å². The number of nitrogens with zero attached hydrogens (tertiary/aromatic N) is 6. The number of anilines is 2. The van der Waals surface area contributed by atoms with Crippen LogP contribution in [0.5, 0.6) is 0 Å². The first-order chi connectivity index (χ1) is 17.2. The quantitative estimate of drug-likeness (QED) is 0.255. The monoisotopic (exact) mass is 530 g/mol. The highest BCUT2D eigenvalue weighted by Gasteiger charge is 2.16. The normalized spacial score (nSPS) is 14.8. The van der Waals surface area contributed by atoms with E-state index in [1.807, 2.05) is 30.3 Å². The molecule has 1 fully saturated rings. The number of ether oxygens (including phenoxy) is 1. The number of nitrogens with two attached hydrogens (primary N) is 1. The van der Waals surface area contributed by atoms with E-state index < -0.39 is 0 Å². The molecule has 0 saturated carbocycles. The lowest BCUT2D eigenvalue weighted by Crippen LogP contribution is -2.39. The molecule has 0 aliphatic carbocycles. The minimum Gasteiger partial charge on any atom is -0.379 e. The van der Waals surface area contributed by atoms with E-state index in [1.54, 1.807) is 12.4 Å². The zero-order valence-electron chi connectivity index (χ0n) is 19.5. The third kappa shape index (κ3) is 6.18. The summed E-state index contributed by atoms with van der Waals surface area (Å²) in [6, 6.07) is 9.18. The fraction of sp³-hybridized carbons (Fsp3) is 0.348. The summed E-state index contributed by atoms with van der Waals surface area (Å²) in [5.41, 5.74) is 8.91. The molecule has 36 heavy (non-hydrogen) atoms. The number of morpholine rings is 1. The lowest BCUT2D eigenvalue weighted by atomic mass is 10.1. The van der Waals surface area contributed by atoms with Gasteiger partial charge in [-0.3, -0.25) is 10.00 Å². The highest BCUT2D eigenvalue weighted by atomic mass is 35.5. The van der Waals surface area contributed by atoms with E-state index in [4.69, 9.17) is 22.1 Å². The lowest BCUT2D eigenvalue weighted by molar-refractivity contribution is 0.0398. The highest BCUT2D eigenvalue weighted by Crippen LogP contribution is 2.25. The lowest BCUT2D eigenvalue weighted by Gasteiger charge is -2.26. The number of hydrogen-bond acceptors (Lipinski definition) is 10. The SMILES string of the molecule is Cl.NCC(Nc1nccc(-c2[nH]nc3nc(NCCN4CCOCC4)ncc23)n1)c1cccc(Cl)c1. The Morgan fingerprint density at radius 1 is 1.14 bits per heavy atom. The van der Waals surface area contributed by atoms with Gasteiger partial charge in [-0.15, -0.1) is 12.4 Å².